The van der Waals surface area contributed by atoms with Crippen molar-refractivity contribution in [1.29, 1.82) is 5.26 Å². The number of pyridine rings is 1. The van der Waals surface area contributed by atoms with Crippen molar-refractivity contribution in [3.05, 3.63) is 66.0 Å². The molecule has 0 aliphatic carbocycles. The van der Waals surface area contributed by atoms with Crippen LogP contribution in [0.15, 0.2) is 54.6 Å². The number of hydrogen-bond donors (Lipinski definition) is 0. The molecule has 0 radical (unpaired) electrons. The van der Waals surface area contributed by atoms with Crippen LogP contribution in [0.4, 0.5) is 4.39 Å². The summed E-state index contributed by atoms with van der Waals surface area (Å²) in [6, 6.07) is 16.9. The lowest BCUT2D eigenvalue weighted by molar-refractivity contribution is 0.0504. The molecule has 3 aromatic rings. The monoisotopic (exact) mass is 334 g/mol. The predicted octanol–water partition coefficient (Wildman–Crippen LogP) is 4.50. The van der Waals surface area contributed by atoms with Gasteiger partial charge in [0.1, 0.15) is 5.82 Å². The topological polar surface area (TPSA) is 63.0 Å². The number of halogens is 1. The molecule has 0 unspecified atom stereocenters. The summed E-state index contributed by atoms with van der Waals surface area (Å²) in [7, 11) is 0. The van der Waals surface area contributed by atoms with Crippen LogP contribution in [-0.2, 0) is 4.74 Å². The summed E-state index contributed by atoms with van der Waals surface area (Å²) in [5, 5.41) is 9.24. The summed E-state index contributed by atoms with van der Waals surface area (Å²) in [4.78, 5) is 17.0. The third kappa shape index (κ3) is 3.81. The van der Waals surface area contributed by atoms with Crippen molar-refractivity contribution in [3.63, 3.8) is 0 Å². The summed E-state index contributed by atoms with van der Waals surface area (Å²) in [5.41, 5.74) is 2.35. The lowest BCUT2D eigenvalue weighted by Crippen LogP contribution is -2.08. The smallest absolute Gasteiger partial charge is 0.338 e. The Bertz CT molecular complexity index is 946. The lowest BCUT2D eigenvalue weighted by atomic mass is 10.0. The fourth-order valence-electron chi connectivity index (χ4n) is 2.51. The number of para-hydroxylation sites is 1. The van der Waals surface area contributed by atoms with Gasteiger partial charge in [-0.05, 0) is 42.8 Å². The molecule has 0 bridgehead atoms. The predicted molar refractivity (Wildman–Crippen MR) is 92.3 cm³/mol. The minimum atomic E-state index is -0.458. The molecule has 0 atom stereocenters. The maximum Gasteiger partial charge on any atom is 0.338 e. The van der Waals surface area contributed by atoms with Gasteiger partial charge in [0, 0.05) is 17.4 Å². The van der Waals surface area contributed by atoms with E-state index in [1.807, 2.05) is 30.3 Å². The lowest BCUT2D eigenvalue weighted by Gasteiger charge is -2.10. The highest BCUT2D eigenvalue weighted by Crippen LogP contribution is 2.25. The van der Waals surface area contributed by atoms with Crippen molar-refractivity contribution in [2.45, 2.75) is 12.8 Å². The molecule has 0 spiro atoms. The first-order chi connectivity index (χ1) is 12.2. The summed E-state index contributed by atoms with van der Waals surface area (Å²) in [6.07, 6.45) is 0.835. The van der Waals surface area contributed by atoms with E-state index in [0.29, 0.717) is 40.6 Å². The highest BCUT2D eigenvalue weighted by atomic mass is 19.1. The van der Waals surface area contributed by atoms with Gasteiger partial charge in [-0.2, -0.15) is 5.26 Å². The van der Waals surface area contributed by atoms with Crippen LogP contribution in [0.2, 0.25) is 0 Å². The second-order valence-electron chi connectivity index (χ2n) is 5.48. The number of esters is 1. The zero-order valence-corrected chi connectivity index (χ0v) is 13.4. The van der Waals surface area contributed by atoms with E-state index >= 15 is 0 Å². The molecule has 4 nitrogen and oxygen atoms in total. The molecule has 124 valence electrons. The van der Waals surface area contributed by atoms with E-state index in [4.69, 9.17) is 10.00 Å². The van der Waals surface area contributed by atoms with Gasteiger partial charge >= 0.3 is 5.97 Å². The average Bonchev–Trinajstić information content (AvgIpc) is 2.65. The normalized spacial score (nSPS) is 10.4. The highest BCUT2D eigenvalue weighted by Gasteiger charge is 2.15. The molecule has 0 N–H and O–H groups in total. The molecule has 0 saturated carbocycles. The average molecular weight is 334 g/mol. The van der Waals surface area contributed by atoms with Crippen molar-refractivity contribution in [2.24, 2.45) is 0 Å². The van der Waals surface area contributed by atoms with Crippen LogP contribution in [-0.4, -0.2) is 17.6 Å². The quantitative estimate of drug-likeness (QED) is 0.509. The van der Waals surface area contributed by atoms with Crippen LogP contribution in [0.3, 0.4) is 0 Å². The molecule has 0 fully saturated rings. The molecular formula is C20H15FN2O2. The Morgan fingerprint density at radius 3 is 2.68 bits per heavy atom. The van der Waals surface area contributed by atoms with E-state index < -0.39 is 5.97 Å². The Hall–Kier alpha value is -3.26. The molecular weight excluding hydrogens is 319 g/mol. The molecule has 0 amide bonds. The maximum atomic E-state index is 13.1. The number of aromatic nitrogens is 1. The van der Waals surface area contributed by atoms with Gasteiger partial charge < -0.3 is 4.74 Å². The minimum Gasteiger partial charge on any atom is -0.462 e. The number of unbranched alkanes of at least 4 members (excludes halogenated alkanes) is 1. The standard InChI is InChI=1S/C20H15FN2O2/c21-15-9-7-14(8-10-15)19-13-17(20(24)25-12-4-3-11-22)16-5-1-2-6-18(16)23-19/h1-2,5-10,13H,3-4,12H2. The van der Waals surface area contributed by atoms with Crippen LogP contribution < -0.4 is 0 Å². The van der Waals surface area contributed by atoms with Crippen molar-refractivity contribution in [1.82, 2.24) is 4.98 Å². The van der Waals surface area contributed by atoms with Crippen molar-refractivity contribution < 1.29 is 13.9 Å². The second-order valence-corrected chi connectivity index (χ2v) is 5.48. The first-order valence-corrected chi connectivity index (χ1v) is 7.89. The van der Waals surface area contributed by atoms with Gasteiger partial charge in [0.15, 0.2) is 0 Å². The minimum absolute atomic E-state index is 0.189. The van der Waals surface area contributed by atoms with Crippen molar-refractivity contribution in [3.8, 4) is 17.3 Å². The maximum absolute atomic E-state index is 13.1. The van der Waals surface area contributed by atoms with Crippen LogP contribution >= 0.6 is 0 Å². The van der Waals surface area contributed by atoms with Gasteiger partial charge in [0.25, 0.3) is 0 Å². The highest BCUT2D eigenvalue weighted by molar-refractivity contribution is 6.04. The van der Waals surface area contributed by atoms with Gasteiger partial charge in [-0.1, -0.05) is 18.2 Å². The fraction of sp³-hybridized carbons (Fsp3) is 0.150. The fourth-order valence-corrected chi connectivity index (χ4v) is 2.51. The number of nitrogens with zero attached hydrogens (tertiary/aromatic N) is 2. The number of fused-ring (bicyclic) bond motifs is 1. The van der Waals surface area contributed by atoms with Gasteiger partial charge in [0.05, 0.1) is 29.5 Å². The molecule has 1 heterocycles. The molecule has 5 heteroatoms. The first kappa shape index (κ1) is 16.6. The van der Waals surface area contributed by atoms with Crippen LogP contribution in [0.5, 0.6) is 0 Å². The van der Waals surface area contributed by atoms with E-state index in [1.165, 1.54) is 12.1 Å². The van der Waals surface area contributed by atoms with Gasteiger partial charge in [-0.15, -0.1) is 0 Å². The van der Waals surface area contributed by atoms with E-state index in [9.17, 15) is 9.18 Å². The van der Waals surface area contributed by atoms with E-state index in [1.54, 1.807) is 18.2 Å². The molecule has 3 rings (SSSR count). The third-order valence-corrected chi connectivity index (χ3v) is 3.74. The SMILES string of the molecule is N#CCCCOC(=O)c1cc(-c2ccc(F)cc2)nc2ccccc12. The third-order valence-electron chi connectivity index (χ3n) is 3.74. The summed E-state index contributed by atoms with van der Waals surface area (Å²) in [6.45, 7) is 0.189. The summed E-state index contributed by atoms with van der Waals surface area (Å²) in [5.74, 6) is -0.790. The summed E-state index contributed by atoms with van der Waals surface area (Å²) >= 11 is 0. The first-order valence-electron chi connectivity index (χ1n) is 7.89. The van der Waals surface area contributed by atoms with Gasteiger partial charge in [0.2, 0.25) is 0 Å². The van der Waals surface area contributed by atoms with E-state index in [0.717, 1.165) is 0 Å². The number of hydrogen-bond acceptors (Lipinski definition) is 4. The molecule has 0 aliphatic rings. The van der Waals surface area contributed by atoms with Crippen LogP contribution in [0, 0.1) is 17.1 Å². The number of benzene rings is 2. The molecule has 1 aromatic heterocycles. The molecule has 25 heavy (non-hydrogen) atoms. The van der Waals surface area contributed by atoms with E-state index in [2.05, 4.69) is 4.98 Å². The van der Waals surface area contributed by atoms with Gasteiger partial charge in [-0.25, -0.2) is 14.2 Å². The zero-order chi connectivity index (χ0) is 17.6. The number of rotatable bonds is 5. The summed E-state index contributed by atoms with van der Waals surface area (Å²) < 4.78 is 18.4. The van der Waals surface area contributed by atoms with Crippen LogP contribution in [0.1, 0.15) is 23.2 Å². The Morgan fingerprint density at radius 2 is 1.92 bits per heavy atom. The van der Waals surface area contributed by atoms with E-state index in [-0.39, 0.29) is 12.4 Å². The van der Waals surface area contributed by atoms with Crippen molar-refractivity contribution >= 4 is 16.9 Å². The number of carbonyl (C=O) groups is 1. The second kappa shape index (κ2) is 7.54. The van der Waals surface area contributed by atoms with Crippen LogP contribution in [0.25, 0.3) is 22.2 Å². The largest absolute Gasteiger partial charge is 0.462 e. The Balaban J connectivity index is 1.99. The zero-order valence-electron chi connectivity index (χ0n) is 13.4. The number of ether oxygens (including phenoxy) is 1. The molecule has 0 saturated heterocycles. The molecule has 0 aliphatic heterocycles. The van der Waals surface area contributed by atoms with Gasteiger partial charge in [-0.3, -0.25) is 0 Å². The number of carbonyl (C=O) groups excluding carboxylic acids is 1. The Kier molecular flexibility index (Phi) is 5.00. The Labute approximate surface area is 144 Å². The molecule has 2 aromatic carbocycles. The van der Waals surface area contributed by atoms with Crippen molar-refractivity contribution in [2.75, 3.05) is 6.61 Å². The number of nitriles is 1. The Morgan fingerprint density at radius 1 is 1.16 bits per heavy atom.